The van der Waals surface area contributed by atoms with E-state index in [0.29, 0.717) is 16.5 Å². The molecule has 106 valence electrons. The molecule has 3 rings (SSSR count). The monoisotopic (exact) mass is 317 g/mol. The summed E-state index contributed by atoms with van der Waals surface area (Å²) in [5, 5.41) is 12.5. The molecule has 4 heteroatoms. The lowest BCUT2D eigenvalue weighted by atomic mass is 10.0. The van der Waals surface area contributed by atoms with Crippen molar-refractivity contribution in [2.45, 2.75) is 12.5 Å². The number of hydrogen-bond donors (Lipinski definition) is 1. The lowest BCUT2D eigenvalue weighted by Gasteiger charge is -2.12. The lowest BCUT2D eigenvalue weighted by Crippen LogP contribution is -2.02. The fourth-order valence-corrected chi connectivity index (χ4v) is 2.62. The summed E-state index contributed by atoms with van der Waals surface area (Å²) in [6.07, 6.45) is 1.63. The predicted molar refractivity (Wildman–Crippen MR) is 86.9 cm³/mol. The molecule has 0 saturated carbocycles. The second-order valence-corrected chi connectivity index (χ2v) is 5.74. The van der Waals surface area contributed by atoms with Gasteiger partial charge in [0.1, 0.15) is 0 Å². The van der Waals surface area contributed by atoms with Crippen molar-refractivity contribution < 1.29 is 5.11 Å². The van der Waals surface area contributed by atoms with Crippen LogP contribution in [0.4, 0.5) is 0 Å². The Morgan fingerprint density at radius 3 is 2.67 bits per heavy atom. The van der Waals surface area contributed by atoms with Crippen molar-refractivity contribution in [3.8, 4) is 0 Å². The van der Waals surface area contributed by atoms with Crippen LogP contribution < -0.4 is 0 Å². The van der Waals surface area contributed by atoms with Gasteiger partial charge in [-0.25, -0.2) is 0 Å². The van der Waals surface area contributed by atoms with E-state index in [1.807, 2.05) is 36.4 Å². The van der Waals surface area contributed by atoms with E-state index in [2.05, 4.69) is 4.98 Å². The Bertz CT molecular complexity index is 789. The van der Waals surface area contributed by atoms with Gasteiger partial charge in [-0.3, -0.25) is 4.98 Å². The zero-order valence-corrected chi connectivity index (χ0v) is 12.6. The van der Waals surface area contributed by atoms with Crippen LogP contribution in [0, 0.1) is 0 Å². The van der Waals surface area contributed by atoms with Gasteiger partial charge in [-0.1, -0.05) is 47.5 Å². The van der Waals surface area contributed by atoms with Crippen LogP contribution in [-0.2, 0) is 6.42 Å². The first-order chi connectivity index (χ1) is 10.1. The van der Waals surface area contributed by atoms with Gasteiger partial charge in [-0.2, -0.15) is 0 Å². The Morgan fingerprint density at radius 1 is 1.00 bits per heavy atom. The maximum absolute atomic E-state index is 10.4. The Labute approximate surface area is 133 Å². The van der Waals surface area contributed by atoms with Gasteiger partial charge in [0.2, 0.25) is 0 Å². The zero-order chi connectivity index (χ0) is 14.8. The van der Waals surface area contributed by atoms with Gasteiger partial charge < -0.3 is 5.11 Å². The fourth-order valence-electron chi connectivity index (χ4n) is 2.30. The summed E-state index contributed by atoms with van der Waals surface area (Å²) < 4.78 is 0. The first-order valence-electron chi connectivity index (χ1n) is 6.60. The summed E-state index contributed by atoms with van der Waals surface area (Å²) in [4.78, 5) is 4.31. The molecule has 0 aliphatic carbocycles. The van der Waals surface area contributed by atoms with Crippen LogP contribution in [0.25, 0.3) is 10.9 Å². The molecule has 0 amide bonds. The van der Waals surface area contributed by atoms with Crippen molar-refractivity contribution >= 4 is 34.1 Å². The third-order valence-electron chi connectivity index (χ3n) is 3.43. The number of rotatable bonds is 3. The molecule has 1 atom stereocenters. The molecule has 0 aliphatic heterocycles. The minimum atomic E-state index is -0.603. The van der Waals surface area contributed by atoms with Gasteiger partial charge >= 0.3 is 0 Å². The molecule has 1 aromatic heterocycles. The van der Waals surface area contributed by atoms with E-state index in [9.17, 15) is 5.11 Å². The van der Waals surface area contributed by atoms with Crippen LogP contribution in [-0.4, -0.2) is 10.1 Å². The lowest BCUT2D eigenvalue weighted by molar-refractivity contribution is 0.178. The molecule has 0 radical (unpaired) electrons. The first-order valence-corrected chi connectivity index (χ1v) is 7.36. The number of pyridine rings is 1. The number of hydrogen-bond acceptors (Lipinski definition) is 2. The van der Waals surface area contributed by atoms with Crippen molar-refractivity contribution in [1.29, 1.82) is 0 Å². The number of nitrogens with zero attached hydrogens (tertiary/aromatic N) is 1. The van der Waals surface area contributed by atoms with E-state index in [-0.39, 0.29) is 0 Å². The molecule has 0 spiro atoms. The standard InChI is InChI=1S/C17H13Cl2NO/c18-14-6-3-11(8-15(14)19)9-17(21)13-5-4-12-2-1-7-20-16(12)10-13/h1-8,10,17,21H,9H2. The van der Waals surface area contributed by atoms with E-state index < -0.39 is 6.10 Å². The summed E-state index contributed by atoms with van der Waals surface area (Å²) in [5.41, 5.74) is 2.66. The van der Waals surface area contributed by atoms with Gasteiger partial charge in [-0.05, 0) is 35.4 Å². The van der Waals surface area contributed by atoms with Crippen LogP contribution in [0.5, 0.6) is 0 Å². The Morgan fingerprint density at radius 2 is 1.86 bits per heavy atom. The normalized spacial score (nSPS) is 12.5. The summed E-state index contributed by atoms with van der Waals surface area (Å²) in [6.45, 7) is 0. The van der Waals surface area contributed by atoms with Crippen molar-refractivity contribution in [3.05, 3.63) is 75.9 Å². The number of aliphatic hydroxyl groups excluding tert-OH is 1. The first kappa shape index (κ1) is 14.3. The third-order valence-corrected chi connectivity index (χ3v) is 4.17. The summed E-state index contributed by atoms with van der Waals surface area (Å²) in [6, 6.07) is 15.1. The molecule has 2 nitrogen and oxygen atoms in total. The molecule has 21 heavy (non-hydrogen) atoms. The summed E-state index contributed by atoms with van der Waals surface area (Å²) in [5.74, 6) is 0. The minimum Gasteiger partial charge on any atom is -0.388 e. The molecule has 1 heterocycles. The molecule has 3 aromatic rings. The van der Waals surface area contributed by atoms with Gasteiger partial charge in [0.15, 0.2) is 0 Å². The number of fused-ring (bicyclic) bond motifs is 1. The Hall–Kier alpha value is -1.61. The van der Waals surface area contributed by atoms with Crippen LogP contribution >= 0.6 is 23.2 Å². The van der Waals surface area contributed by atoms with Crippen LogP contribution in [0.15, 0.2) is 54.7 Å². The van der Waals surface area contributed by atoms with Gasteiger partial charge in [0, 0.05) is 18.0 Å². The molecule has 0 aliphatic rings. The average Bonchev–Trinajstić information content (AvgIpc) is 2.50. The van der Waals surface area contributed by atoms with Gasteiger partial charge in [-0.15, -0.1) is 0 Å². The molecule has 0 bridgehead atoms. The maximum Gasteiger partial charge on any atom is 0.0831 e. The van der Waals surface area contributed by atoms with Crippen LogP contribution in [0.1, 0.15) is 17.2 Å². The Kier molecular flexibility index (Phi) is 4.11. The van der Waals surface area contributed by atoms with Crippen molar-refractivity contribution in [2.24, 2.45) is 0 Å². The fraction of sp³-hybridized carbons (Fsp3) is 0.118. The maximum atomic E-state index is 10.4. The number of halogens is 2. The molecule has 1 unspecified atom stereocenters. The third kappa shape index (κ3) is 3.18. The second-order valence-electron chi connectivity index (χ2n) is 4.92. The highest BCUT2D eigenvalue weighted by Crippen LogP contribution is 2.26. The topological polar surface area (TPSA) is 33.1 Å². The van der Waals surface area contributed by atoms with E-state index >= 15 is 0 Å². The van der Waals surface area contributed by atoms with Gasteiger partial charge in [0.25, 0.3) is 0 Å². The van der Waals surface area contributed by atoms with Crippen molar-refractivity contribution in [2.75, 3.05) is 0 Å². The molecular formula is C17H13Cl2NO. The van der Waals surface area contributed by atoms with E-state index in [4.69, 9.17) is 23.2 Å². The second kappa shape index (κ2) is 6.02. The molecule has 1 N–H and O–H groups in total. The number of benzene rings is 2. The highest BCUT2D eigenvalue weighted by atomic mass is 35.5. The highest BCUT2D eigenvalue weighted by molar-refractivity contribution is 6.42. The zero-order valence-electron chi connectivity index (χ0n) is 11.1. The van der Waals surface area contributed by atoms with E-state index in [1.54, 1.807) is 18.3 Å². The smallest absolute Gasteiger partial charge is 0.0831 e. The molecule has 2 aromatic carbocycles. The average molecular weight is 318 g/mol. The quantitative estimate of drug-likeness (QED) is 0.751. The van der Waals surface area contributed by atoms with E-state index in [1.165, 1.54) is 0 Å². The highest BCUT2D eigenvalue weighted by Gasteiger charge is 2.10. The molecular weight excluding hydrogens is 305 g/mol. The van der Waals surface area contributed by atoms with Crippen molar-refractivity contribution in [3.63, 3.8) is 0 Å². The molecule has 0 saturated heterocycles. The Balaban J connectivity index is 1.85. The summed E-state index contributed by atoms with van der Waals surface area (Å²) >= 11 is 11.9. The largest absolute Gasteiger partial charge is 0.388 e. The number of aromatic nitrogens is 1. The summed E-state index contributed by atoms with van der Waals surface area (Å²) in [7, 11) is 0. The van der Waals surface area contributed by atoms with Crippen LogP contribution in [0.2, 0.25) is 10.0 Å². The SMILES string of the molecule is OC(Cc1ccc(Cl)c(Cl)c1)c1ccc2cccnc2c1. The minimum absolute atomic E-state index is 0.481. The van der Waals surface area contributed by atoms with Crippen LogP contribution in [0.3, 0.4) is 0 Å². The predicted octanol–water partition coefficient (Wildman–Crippen LogP) is 4.82. The van der Waals surface area contributed by atoms with E-state index in [0.717, 1.165) is 22.0 Å². The van der Waals surface area contributed by atoms with Crippen molar-refractivity contribution in [1.82, 2.24) is 4.98 Å². The molecule has 0 fully saturated rings. The number of aliphatic hydroxyl groups is 1. The van der Waals surface area contributed by atoms with Gasteiger partial charge in [0.05, 0.1) is 21.7 Å².